The van der Waals surface area contributed by atoms with E-state index in [1.54, 1.807) is 24.8 Å². The third-order valence-corrected chi connectivity index (χ3v) is 4.16. The van der Waals surface area contributed by atoms with Crippen LogP contribution in [0.3, 0.4) is 0 Å². The zero-order valence-electron chi connectivity index (χ0n) is 11.4. The Morgan fingerprint density at radius 2 is 2.27 bits per heavy atom. The van der Waals surface area contributed by atoms with E-state index in [0.717, 1.165) is 22.5 Å². The van der Waals surface area contributed by atoms with Gasteiger partial charge in [0.25, 0.3) is 5.91 Å². The number of carbonyl (C=O) groups excluding carboxylic acids is 1. The van der Waals surface area contributed by atoms with Crippen molar-refractivity contribution in [3.63, 3.8) is 0 Å². The van der Waals surface area contributed by atoms with Gasteiger partial charge in [0.15, 0.2) is 5.13 Å². The fourth-order valence-corrected chi connectivity index (χ4v) is 2.97. The number of amides is 1. The molecule has 1 aliphatic heterocycles. The normalized spacial score (nSPS) is 12.8. The Labute approximate surface area is 130 Å². The number of para-hydroxylation sites is 1. The second-order valence-electron chi connectivity index (χ2n) is 4.85. The van der Waals surface area contributed by atoms with Crippen molar-refractivity contribution in [2.24, 2.45) is 4.99 Å². The van der Waals surface area contributed by atoms with Crippen LogP contribution in [0.1, 0.15) is 21.5 Å². The van der Waals surface area contributed by atoms with Crippen LogP contribution in [-0.4, -0.2) is 16.6 Å². The first-order valence-corrected chi connectivity index (χ1v) is 7.62. The summed E-state index contributed by atoms with van der Waals surface area (Å²) in [5, 5.41) is 5.20. The molecule has 1 aliphatic rings. The minimum absolute atomic E-state index is 0.191. The molecular weight excluding hydrogens is 298 g/mol. The molecule has 1 aromatic carbocycles. The summed E-state index contributed by atoms with van der Waals surface area (Å²) in [5.41, 5.74) is 4.20. The summed E-state index contributed by atoms with van der Waals surface area (Å²) in [6.45, 7) is 0. The van der Waals surface area contributed by atoms with Gasteiger partial charge in [0.2, 0.25) is 0 Å². The Kier molecular flexibility index (Phi) is 3.08. The summed E-state index contributed by atoms with van der Waals surface area (Å²) in [6, 6.07) is 7.53. The highest BCUT2D eigenvalue weighted by molar-refractivity contribution is 7.13. The minimum atomic E-state index is -0.191. The molecule has 0 atom stereocenters. The highest BCUT2D eigenvalue weighted by atomic mass is 32.1. The summed E-state index contributed by atoms with van der Waals surface area (Å²) in [4.78, 5) is 21.1. The van der Waals surface area contributed by atoms with Gasteiger partial charge in [-0.05, 0) is 17.7 Å². The summed E-state index contributed by atoms with van der Waals surface area (Å²) in [7, 11) is 0. The van der Waals surface area contributed by atoms with E-state index in [0.29, 0.717) is 17.1 Å². The fraction of sp³-hybridized carbons (Fsp3) is 0.0625. The Morgan fingerprint density at radius 1 is 1.32 bits per heavy atom. The maximum absolute atomic E-state index is 12.4. The molecule has 22 heavy (non-hydrogen) atoms. The fourth-order valence-electron chi connectivity index (χ4n) is 2.45. The summed E-state index contributed by atoms with van der Waals surface area (Å²) in [6.07, 6.45) is 5.65. The number of thiazole rings is 1. The number of aliphatic imine (C=N–C) groups is 1. The molecule has 0 radical (unpaired) electrons. The van der Waals surface area contributed by atoms with Gasteiger partial charge in [-0.2, -0.15) is 0 Å². The minimum Gasteiger partial charge on any atom is -0.472 e. The lowest BCUT2D eigenvalue weighted by atomic mass is 10.0. The lowest BCUT2D eigenvalue weighted by Crippen LogP contribution is -2.11. The van der Waals surface area contributed by atoms with Crippen LogP contribution in [0.15, 0.2) is 57.8 Å². The maximum Gasteiger partial charge on any atom is 0.259 e. The van der Waals surface area contributed by atoms with E-state index >= 15 is 0 Å². The molecule has 3 aromatic rings. The molecule has 0 unspecified atom stereocenters. The van der Waals surface area contributed by atoms with Gasteiger partial charge in [-0.3, -0.25) is 15.1 Å². The van der Waals surface area contributed by atoms with Gasteiger partial charge in [0.1, 0.15) is 0 Å². The van der Waals surface area contributed by atoms with E-state index in [4.69, 9.17) is 4.42 Å². The van der Waals surface area contributed by atoms with Gasteiger partial charge >= 0.3 is 0 Å². The second-order valence-corrected chi connectivity index (χ2v) is 5.75. The number of hydrogen-bond donors (Lipinski definition) is 1. The largest absolute Gasteiger partial charge is 0.472 e. The molecular formula is C16H11N3O2S. The van der Waals surface area contributed by atoms with Crippen molar-refractivity contribution in [1.29, 1.82) is 0 Å². The van der Waals surface area contributed by atoms with E-state index < -0.39 is 0 Å². The van der Waals surface area contributed by atoms with Gasteiger partial charge in [-0.15, -0.1) is 11.3 Å². The van der Waals surface area contributed by atoms with Crippen LogP contribution in [-0.2, 0) is 6.42 Å². The lowest BCUT2D eigenvalue weighted by molar-refractivity contribution is 0.102. The Bertz CT molecular complexity index is 852. The van der Waals surface area contributed by atoms with Gasteiger partial charge < -0.3 is 4.42 Å². The zero-order chi connectivity index (χ0) is 14.9. The first-order valence-electron chi connectivity index (χ1n) is 6.74. The standard InChI is InChI=1S/C16H11N3O2S/c20-15(19-16-17-5-7-22-16)12-3-1-2-10-8-13(18-14(10)12)11-4-6-21-9-11/h1-7,9H,8H2,(H,17,19,20). The Balaban J connectivity index is 1.68. The topological polar surface area (TPSA) is 67.5 Å². The molecule has 0 aliphatic carbocycles. The average Bonchev–Trinajstić information content (AvgIpc) is 3.26. The monoisotopic (exact) mass is 309 g/mol. The maximum atomic E-state index is 12.4. The number of benzene rings is 1. The number of carbonyl (C=O) groups is 1. The number of hydrogen-bond acceptors (Lipinski definition) is 5. The number of rotatable bonds is 3. The summed E-state index contributed by atoms with van der Waals surface area (Å²) < 4.78 is 5.11. The molecule has 1 amide bonds. The van der Waals surface area contributed by atoms with Crippen LogP contribution >= 0.6 is 11.3 Å². The van der Waals surface area contributed by atoms with E-state index in [1.165, 1.54) is 11.3 Å². The molecule has 5 nitrogen and oxygen atoms in total. The molecule has 4 rings (SSSR count). The number of aromatic nitrogens is 1. The molecule has 0 bridgehead atoms. The third kappa shape index (κ3) is 2.23. The van der Waals surface area contributed by atoms with Gasteiger partial charge in [-0.1, -0.05) is 12.1 Å². The first kappa shape index (κ1) is 13.0. The van der Waals surface area contributed by atoms with Crippen molar-refractivity contribution >= 4 is 33.8 Å². The van der Waals surface area contributed by atoms with Crippen molar-refractivity contribution < 1.29 is 9.21 Å². The molecule has 0 fully saturated rings. The molecule has 0 saturated heterocycles. The molecule has 0 spiro atoms. The van der Waals surface area contributed by atoms with Crippen molar-refractivity contribution in [2.45, 2.75) is 6.42 Å². The predicted molar refractivity (Wildman–Crippen MR) is 85.1 cm³/mol. The van der Waals surface area contributed by atoms with Crippen LogP contribution in [0.5, 0.6) is 0 Å². The van der Waals surface area contributed by atoms with E-state index in [9.17, 15) is 4.79 Å². The smallest absolute Gasteiger partial charge is 0.259 e. The van der Waals surface area contributed by atoms with Gasteiger partial charge in [0.05, 0.1) is 29.5 Å². The number of furan rings is 1. The lowest BCUT2D eigenvalue weighted by Gasteiger charge is -2.05. The SMILES string of the molecule is O=C(Nc1nccs1)c1cccc2c1N=C(c1ccoc1)C2. The second kappa shape index (κ2) is 5.23. The quantitative estimate of drug-likeness (QED) is 0.802. The number of anilines is 1. The molecule has 6 heteroatoms. The molecule has 0 saturated carbocycles. The van der Waals surface area contributed by atoms with Crippen molar-refractivity contribution in [3.8, 4) is 0 Å². The summed E-state index contributed by atoms with van der Waals surface area (Å²) in [5.74, 6) is -0.191. The van der Waals surface area contributed by atoms with Crippen LogP contribution in [0.2, 0.25) is 0 Å². The molecule has 1 N–H and O–H groups in total. The van der Waals surface area contributed by atoms with E-state index in [-0.39, 0.29) is 5.91 Å². The van der Waals surface area contributed by atoms with Crippen molar-refractivity contribution in [2.75, 3.05) is 5.32 Å². The van der Waals surface area contributed by atoms with Crippen LogP contribution < -0.4 is 5.32 Å². The number of nitrogens with one attached hydrogen (secondary N) is 1. The zero-order valence-corrected chi connectivity index (χ0v) is 12.3. The highest BCUT2D eigenvalue weighted by Gasteiger charge is 2.22. The Hall–Kier alpha value is -2.73. The van der Waals surface area contributed by atoms with Crippen LogP contribution in [0.4, 0.5) is 10.8 Å². The van der Waals surface area contributed by atoms with E-state index in [1.807, 2.05) is 23.6 Å². The number of fused-ring (bicyclic) bond motifs is 1. The molecule has 108 valence electrons. The summed E-state index contributed by atoms with van der Waals surface area (Å²) >= 11 is 1.39. The third-order valence-electron chi connectivity index (χ3n) is 3.48. The highest BCUT2D eigenvalue weighted by Crippen LogP contribution is 2.33. The van der Waals surface area contributed by atoms with Crippen LogP contribution in [0.25, 0.3) is 0 Å². The van der Waals surface area contributed by atoms with E-state index in [2.05, 4.69) is 15.3 Å². The van der Waals surface area contributed by atoms with Gasteiger partial charge in [0, 0.05) is 23.6 Å². The first-order chi connectivity index (χ1) is 10.8. The molecule has 2 aromatic heterocycles. The van der Waals surface area contributed by atoms with Crippen LogP contribution in [0, 0.1) is 0 Å². The average molecular weight is 309 g/mol. The van der Waals surface area contributed by atoms with Crippen molar-refractivity contribution in [1.82, 2.24) is 4.98 Å². The predicted octanol–water partition coefficient (Wildman–Crippen LogP) is 3.67. The molecule has 3 heterocycles. The van der Waals surface area contributed by atoms with Gasteiger partial charge in [-0.25, -0.2) is 4.98 Å². The van der Waals surface area contributed by atoms with Crippen molar-refractivity contribution in [3.05, 3.63) is 65.1 Å². The Morgan fingerprint density at radius 3 is 3.05 bits per heavy atom. The number of nitrogens with zero attached hydrogens (tertiary/aromatic N) is 2.